The van der Waals surface area contributed by atoms with Crippen LogP contribution in [0, 0.1) is 11.3 Å². The quantitative estimate of drug-likeness (QED) is 0.734. The Labute approximate surface area is 92.0 Å². The summed E-state index contributed by atoms with van der Waals surface area (Å²) in [5.41, 5.74) is -0.0693. The van der Waals surface area contributed by atoms with Crippen LogP contribution >= 0.6 is 0 Å². The van der Waals surface area contributed by atoms with E-state index in [-0.39, 0.29) is 5.41 Å². The molecule has 0 atom stereocenters. The van der Waals surface area contributed by atoms with Gasteiger partial charge >= 0.3 is 0 Å². The molecule has 1 aliphatic carbocycles. The van der Waals surface area contributed by atoms with Gasteiger partial charge in [-0.25, -0.2) is 0 Å². The zero-order valence-corrected chi connectivity index (χ0v) is 9.64. The Morgan fingerprint density at radius 2 is 2.07 bits per heavy atom. The molecule has 0 aromatic carbocycles. The first-order chi connectivity index (χ1) is 7.27. The van der Waals surface area contributed by atoms with Gasteiger partial charge < -0.3 is 10.6 Å². The van der Waals surface area contributed by atoms with Crippen molar-refractivity contribution in [3.8, 4) is 0 Å². The fraction of sp³-hybridized carbons (Fsp3) is 0.917. The van der Waals surface area contributed by atoms with Gasteiger partial charge in [-0.05, 0) is 51.1 Å². The summed E-state index contributed by atoms with van der Waals surface area (Å²) in [4.78, 5) is 12.1. The van der Waals surface area contributed by atoms with Crippen LogP contribution in [0.15, 0.2) is 0 Å². The van der Waals surface area contributed by atoms with Crippen molar-refractivity contribution in [1.82, 2.24) is 10.6 Å². The van der Waals surface area contributed by atoms with E-state index in [1.807, 2.05) is 0 Å². The van der Waals surface area contributed by atoms with E-state index in [2.05, 4.69) is 17.6 Å². The van der Waals surface area contributed by atoms with Crippen molar-refractivity contribution in [2.75, 3.05) is 19.6 Å². The number of piperidine rings is 1. The van der Waals surface area contributed by atoms with Gasteiger partial charge in [0.15, 0.2) is 0 Å². The third-order valence-electron chi connectivity index (χ3n) is 3.97. The summed E-state index contributed by atoms with van der Waals surface area (Å²) in [5, 5.41) is 6.47. The summed E-state index contributed by atoms with van der Waals surface area (Å²) in [6.07, 6.45) is 5.59. The van der Waals surface area contributed by atoms with Crippen molar-refractivity contribution in [2.45, 2.75) is 39.0 Å². The third-order valence-corrected chi connectivity index (χ3v) is 3.97. The highest BCUT2D eigenvalue weighted by atomic mass is 16.2. The van der Waals surface area contributed by atoms with E-state index in [1.54, 1.807) is 0 Å². The zero-order chi connectivity index (χ0) is 10.7. The normalized spacial score (nSPS) is 24.9. The molecule has 3 nitrogen and oxygen atoms in total. The Morgan fingerprint density at radius 1 is 1.40 bits per heavy atom. The molecule has 2 aliphatic rings. The number of nitrogens with one attached hydrogen (secondary N) is 2. The van der Waals surface area contributed by atoms with E-state index in [0.717, 1.165) is 44.8 Å². The Bertz CT molecular complexity index is 230. The van der Waals surface area contributed by atoms with Crippen LogP contribution in [0.1, 0.15) is 39.0 Å². The Hall–Kier alpha value is -0.570. The summed E-state index contributed by atoms with van der Waals surface area (Å²) < 4.78 is 0. The number of amides is 1. The summed E-state index contributed by atoms with van der Waals surface area (Å²) in [5.74, 6) is 1.09. The third kappa shape index (κ3) is 2.51. The lowest BCUT2D eigenvalue weighted by molar-refractivity contribution is -0.132. The van der Waals surface area contributed by atoms with Gasteiger partial charge in [-0.15, -0.1) is 0 Å². The van der Waals surface area contributed by atoms with E-state index in [1.165, 1.54) is 12.8 Å². The van der Waals surface area contributed by atoms with E-state index in [4.69, 9.17) is 0 Å². The molecule has 0 aromatic rings. The molecule has 86 valence electrons. The Balaban J connectivity index is 1.87. The second-order valence-electron chi connectivity index (χ2n) is 5.04. The monoisotopic (exact) mass is 210 g/mol. The maximum Gasteiger partial charge on any atom is 0.226 e. The topological polar surface area (TPSA) is 41.1 Å². The Kier molecular flexibility index (Phi) is 3.29. The average Bonchev–Trinajstić information content (AvgIpc) is 3.10. The van der Waals surface area contributed by atoms with Gasteiger partial charge in [-0.1, -0.05) is 6.92 Å². The first-order valence-electron chi connectivity index (χ1n) is 6.26. The van der Waals surface area contributed by atoms with Gasteiger partial charge in [0.25, 0.3) is 0 Å². The lowest BCUT2D eigenvalue weighted by atomic mass is 9.76. The van der Waals surface area contributed by atoms with E-state index in [9.17, 15) is 4.79 Å². The van der Waals surface area contributed by atoms with Crippen molar-refractivity contribution < 1.29 is 4.79 Å². The van der Waals surface area contributed by atoms with Gasteiger partial charge in [-0.2, -0.15) is 0 Å². The first-order valence-corrected chi connectivity index (χ1v) is 6.26. The van der Waals surface area contributed by atoms with Crippen molar-refractivity contribution >= 4 is 5.91 Å². The maximum atomic E-state index is 12.1. The molecule has 1 saturated carbocycles. The summed E-state index contributed by atoms with van der Waals surface area (Å²) in [7, 11) is 0. The van der Waals surface area contributed by atoms with Crippen LogP contribution in [0.3, 0.4) is 0 Å². The smallest absolute Gasteiger partial charge is 0.226 e. The summed E-state index contributed by atoms with van der Waals surface area (Å²) in [6.45, 7) is 5.03. The number of rotatable bonds is 4. The highest BCUT2D eigenvalue weighted by Crippen LogP contribution is 2.33. The predicted octanol–water partition coefficient (Wildman–Crippen LogP) is 1.29. The zero-order valence-electron chi connectivity index (χ0n) is 9.64. The molecule has 15 heavy (non-hydrogen) atoms. The highest BCUT2D eigenvalue weighted by Gasteiger charge is 2.38. The van der Waals surface area contributed by atoms with Crippen LogP contribution in [-0.2, 0) is 4.79 Å². The number of carbonyl (C=O) groups is 1. The largest absolute Gasteiger partial charge is 0.355 e. The van der Waals surface area contributed by atoms with Crippen molar-refractivity contribution in [1.29, 1.82) is 0 Å². The molecule has 0 aromatic heterocycles. The second-order valence-corrected chi connectivity index (χ2v) is 5.04. The van der Waals surface area contributed by atoms with Crippen LogP contribution in [-0.4, -0.2) is 25.5 Å². The second kappa shape index (κ2) is 4.52. The molecule has 2 fully saturated rings. The minimum absolute atomic E-state index is 0.0693. The van der Waals surface area contributed by atoms with Crippen LogP contribution in [0.5, 0.6) is 0 Å². The van der Waals surface area contributed by atoms with Gasteiger partial charge in [0, 0.05) is 6.54 Å². The molecule has 1 amide bonds. The number of hydrogen-bond acceptors (Lipinski definition) is 2. The molecule has 2 rings (SSSR count). The average molecular weight is 210 g/mol. The molecule has 0 unspecified atom stereocenters. The van der Waals surface area contributed by atoms with Crippen LogP contribution in [0.4, 0.5) is 0 Å². The summed E-state index contributed by atoms with van der Waals surface area (Å²) >= 11 is 0. The van der Waals surface area contributed by atoms with Gasteiger partial charge in [-0.3, -0.25) is 4.79 Å². The van der Waals surface area contributed by atoms with Crippen molar-refractivity contribution in [3.63, 3.8) is 0 Å². The van der Waals surface area contributed by atoms with Gasteiger partial charge in [0.05, 0.1) is 5.41 Å². The fourth-order valence-corrected chi connectivity index (χ4v) is 2.39. The van der Waals surface area contributed by atoms with Crippen LogP contribution in [0.25, 0.3) is 0 Å². The fourth-order valence-electron chi connectivity index (χ4n) is 2.39. The Morgan fingerprint density at radius 3 is 2.60 bits per heavy atom. The molecule has 0 radical (unpaired) electrons. The maximum absolute atomic E-state index is 12.1. The molecule has 1 heterocycles. The lowest BCUT2D eigenvalue weighted by Crippen LogP contribution is -2.47. The van der Waals surface area contributed by atoms with Gasteiger partial charge in [0.2, 0.25) is 5.91 Å². The molecule has 0 spiro atoms. The SMILES string of the molecule is CCC1(C(=O)NCC2CC2)CCNCC1. The minimum Gasteiger partial charge on any atom is -0.355 e. The molecule has 2 N–H and O–H groups in total. The molecule has 1 saturated heterocycles. The van der Waals surface area contributed by atoms with E-state index < -0.39 is 0 Å². The van der Waals surface area contributed by atoms with Crippen LogP contribution < -0.4 is 10.6 Å². The first kappa shape index (κ1) is 10.9. The van der Waals surface area contributed by atoms with E-state index >= 15 is 0 Å². The lowest BCUT2D eigenvalue weighted by Gasteiger charge is -2.35. The number of carbonyl (C=O) groups excluding carboxylic acids is 1. The standard InChI is InChI=1S/C12H22N2O/c1-2-12(5-7-13-8-6-12)11(15)14-9-10-3-4-10/h10,13H,2-9H2,1H3,(H,14,15). The predicted molar refractivity (Wildman–Crippen MR) is 60.6 cm³/mol. The summed E-state index contributed by atoms with van der Waals surface area (Å²) in [6, 6.07) is 0. The van der Waals surface area contributed by atoms with Crippen LogP contribution in [0.2, 0.25) is 0 Å². The van der Waals surface area contributed by atoms with Crippen molar-refractivity contribution in [2.24, 2.45) is 11.3 Å². The molecule has 1 aliphatic heterocycles. The minimum atomic E-state index is -0.0693. The number of hydrogen-bond donors (Lipinski definition) is 2. The van der Waals surface area contributed by atoms with E-state index in [0.29, 0.717) is 5.91 Å². The molecule has 0 bridgehead atoms. The van der Waals surface area contributed by atoms with Gasteiger partial charge in [0.1, 0.15) is 0 Å². The van der Waals surface area contributed by atoms with Crippen molar-refractivity contribution in [3.05, 3.63) is 0 Å². The molecular formula is C12H22N2O. The molecule has 3 heteroatoms. The molecular weight excluding hydrogens is 188 g/mol. The highest BCUT2D eigenvalue weighted by molar-refractivity contribution is 5.82.